The van der Waals surface area contributed by atoms with Gasteiger partial charge in [0.15, 0.2) is 5.69 Å². The summed E-state index contributed by atoms with van der Waals surface area (Å²) in [6.45, 7) is 0. The number of nitrogens with two attached hydrogens (primary N) is 1. The third-order valence-corrected chi connectivity index (χ3v) is 4.56. The average molecular weight is 372 g/mol. The van der Waals surface area contributed by atoms with Gasteiger partial charge in [-0.1, -0.05) is 48.5 Å². The zero-order valence-corrected chi connectivity index (χ0v) is 15.0. The summed E-state index contributed by atoms with van der Waals surface area (Å²) in [6, 6.07) is 20.7. The Morgan fingerprint density at radius 2 is 1.82 bits per heavy atom. The number of benzene rings is 2. The first-order valence-corrected chi connectivity index (χ1v) is 8.55. The number of nitriles is 1. The number of hydrogen-bond donors (Lipinski definition) is 1. The molecular formula is C21H16N4O3. The topological polar surface area (TPSA) is 103 Å². The molecule has 0 spiro atoms. The van der Waals surface area contributed by atoms with Crippen LogP contribution in [0.3, 0.4) is 0 Å². The molecule has 0 saturated carbocycles. The van der Waals surface area contributed by atoms with E-state index in [9.17, 15) is 10.1 Å². The van der Waals surface area contributed by atoms with Gasteiger partial charge in [-0.2, -0.15) is 15.0 Å². The lowest BCUT2D eigenvalue weighted by Gasteiger charge is -2.24. The Labute approximate surface area is 161 Å². The Kier molecular flexibility index (Phi) is 4.30. The van der Waals surface area contributed by atoms with E-state index in [1.165, 1.54) is 11.8 Å². The second-order valence-corrected chi connectivity index (χ2v) is 6.14. The Balaban J connectivity index is 2.03. The van der Waals surface area contributed by atoms with Crippen molar-refractivity contribution in [2.45, 2.75) is 5.92 Å². The van der Waals surface area contributed by atoms with Crippen LogP contribution in [-0.2, 0) is 4.74 Å². The molecule has 0 radical (unpaired) electrons. The number of ether oxygens (including phenoxy) is 2. The number of aromatic nitrogens is 2. The summed E-state index contributed by atoms with van der Waals surface area (Å²) in [7, 11) is 1.28. The van der Waals surface area contributed by atoms with Crippen molar-refractivity contribution >= 4 is 5.97 Å². The molecule has 2 N–H and O–H groups in total. The van der Waals surface area contributed by atoms with Crippen molar-refractivity contribution in [1.29, 1.82) is 5.26 Å². The van der Waals surface area contributed by atoms with Gasteiger partial charge in [0.2, 0.25) is 11.8 Å². The minimum absolute atomic E-state index is 0.0163. The fourth-order valence-electron chi connectivity index (χ4n) is 3.31. The highest BCUT2D eigenvalue weighted by atomic mass is 16.5. The Morgan fingerprint density at radius 1 is 1.18 bits per heavy atom. The quantitative estimate of drug-likeness (QED) is 0.709. The van der Waals surface area contributed by atoms with E-state index in [1.54, 1.807) is 0 Å². The summed E-state index contributed by atoms with van der Waals surface area (Å²) in [5.74, 6) is -0.941. The lowest BCUT2D eigenvalue weighted by molar-refractivity contribution is 0.0592. The number of fused-ring (bicyclic) bond motifs is 1. The highest BCUT2D eigenvalue weighted by Gasteiger charge is 2.39. The van der Waals surface area contributed by atoms with Crippen molar-refractivity contribution in [1.82, 2.24) is 9.78 Å². The van der Waals surface area contributed by atoms with Crippen molar-refractivity contribution in [3.63, 3.8) is 0 Å². The average Bonchev–Trinajstić information content (AvgIpc) is 3.12. The van der Waals surface area contributed by atoms with Crippen LogP contribution in [0.5, 0.6) is 5.88 Å². The highest BCUT2D eigenvalue weighted by molar-refractivity contribution is 5.91. The zero-order valence-electron chi connectivity index (χ0n) is 15.0. The van der Waals surface area contributed by atoms with E-state index in [4.69, 9.17) is 15.2 Å². The monoisotopic (exact) mass is 372 g/mol. The SMILES string of the molecule is COC(=O)c1nn(-c2ccccc2)c2c1C(c1ccccc1)C(C#N)=C(N)O2. The molecule has 2 heterocycles. The Hall–Kier alpha value is -4.05. The maximum atomic E-state index is 12.5. The molecule has 3 aromatic rings. The van der Waals surface area contributed by atoms with Crippen LogP contribution in [-0.4, -0.2) is 22.9 Å². The molecule has 28 heavy (non-hydrogen) atoms. The number of hydrogen-bond acceptors (Lipinski definition) is 6. The number of rotatable bonds is 3. The molecule has 1 aliphatic rings. The minimum atomic E-state index is -0.617. The van der Waals surface area contributed by atoms with Crippen molar-refractivity contribution in [2.75, 3.05) is 7.11 Å². The maximum Gasteiger partial charge on any atom is 0.359 e. The fourth-order valence-corrected chi connectivity index (χ4v) is 3.31. The van der Waals surface area contributed by atoms with Gasteiger partial charge in [-0.25, -0.2) is 4.79 Å². The molecule has 2 aromatic carbocycles. The first-order valence-electron chi connectivity index (χ1n) is 8.55. The molecule has 0 saturated heterocycles. The predicted octanol–water partition coefficient (Wildman–Crippen LogP) is 2.88. The Morgan fingerprint density at radius 3 is 2.43 bits per heavy atom. The van der Waals surface area contributed by atoms with Crippen LogP contribution < -0.4 is 10.5 Å². The van der Waals surface area contributed by atoms with Crippen molar-refractivity contribution in [3.8, 4) is 17.6 Å². The molecule has 7 heteroatoms. The van der Waals surface area contributed by atoms with E-state index in [-0.39, 0.29) is 23.0 Å². The summed E-state index contributed by atoms with van der Waals surface area (Å²) in [5, 5.41) is 14.2. The number of para-hydroxylation sites is 1. The molecule has 1 aromatic heterocycles. The molecule has 1 unspecified atom stereocenters. The molecule has 138 valence electrons. The van der Waals surface area contributed by atoms with Gasteiger partial charge in [-0.05, 0) is 17.7 Å². The summed E-state index contributed by atoms with van der Waals surface area (Å²) < 4.78 is 12.2. The fraction of sp³-hybridized carbons (Fsp3) is 0.0952. The third kappa shape index (κ3) is 2.68. The molecule has 1 aliphatic heterocycles. The number of esters is 1. The van der Waals surface area contributed by atoms with E-state index in [0.29, 0.717) is 11.3 Å². The summed E-state index contributed by atoms with van der Waals surface area (Å²) in [4.78, 5) is 12.5. The van der Waals surface area contributed by atoms with Crippen molar-refractivity contribution in [3.05, 3.63) is 88.9 Å². The van der Waals surface area contributed by atoms with Gasteiger partial charge < -0.3 is 15.2 Å². The van der Waals surface area contributed by atoms with Crippen LogP contribution in [0, 0.1) is 11.3 Å². The van der Waals surface area contributed by atoms with E-state index >= 15 is 0 Å². The molecule has 7 nitrogen and oxygen atoms in total. The van der Waals surface area contributed by atoms with Gasteiger partial charge in [0.05, 0.1) is 24.3 Å². The van der Waals surface area contributed by atoms with Crippen LogP contribution in [0.2, 0.25) is 0 Å². The lowest BCUT2D eigenvalue weighted by atomic mass is 9.84. The number of methoxy groups -OCH3 is 1. The van der Waals surface area contributed by atoms with Crippen LogP contribution in [0.15, 0.2) is 72.1 Å². The molecule has 1 atom stereocenters. The molecule has 0 bridgehead atoms. The molecule has 0 aliphatic carbocycles. The van der Waals surface area contributed by atoms with Crippen LogP contribution in [0.4, 0.5) is 0 Å². The normalized spacial score (nSPS) is 15.4. The minimum Gasteiger partial charge on any atom is -0.464 e. The number of carbonyl (C=O) groups excluding carboxylic acids is 1. The zero-order chi connectivity index (χ0) is 19.7. The van der Waals surface area contributed by atoms with Gasteiger partial charge in [0.25, 0.3) is 0 Å². The van der Waals surface area contributed by atoms with Gasteiger partial charge >= 0.3 is 5.97 Å². The molecular weight excluding hydrogens is 356 g/mol. The van der Waals surface area contributed by atoms with Crippen molar-refractivity contribution < 1.29 is 14.3 Å². The second kappa shape index (κ2) is 6.93. The Bertz CT molecular complexity index is 1110. The second-order valence-electron chi connectivity index (χ2n) is 6.14. The lowest BCUT2D eigenvalue weighted by Crippen LogP contribution is -2.22. The number of nitrogens with zero attached hydrogens (tertiary/aromatic N) is 3. The molecule has 0 amide bonds. The summed E-state index contributed by atoms with van der Waals surface area (Å²) in [5.41, 5.74) is 8.31. The molecule has 4 rings (SSSR count). The standard InChI is InChI=1S/C21H16N4O3/c1-27-21(26)18-17-16(13-8-4-2-5-9-13)15(12-22)19(23)28-20(17)25(24-18)14-10-6-3-7-11-14/h2-11,16H,23H2,1H3. The smallest absolute Gasteiger partial charge is 0.359 e. The number of allylic oxidation sites excluding steroid dienone is 1. The van der Waals surface area contributed by atoms with E-state index in [0.717, 1.165) is 5.56 Å². The molecule has 0 fully saturated rings. The van der Waals surface area contributed by atoms with Crippen LogP contribution in [0.25, 0.3) is 5.69 Å². The third-order valence-electron chi connectivity index (χ3n) is 4.56. The van der Waals surface area contributed by atoms with E-state index in [1.807, 2.05) is 60.7 Å². The predicted molar refractivity (Wildman–Crippen MR) is 101 cm³/mol. The van der Waals surface area contributed by atoms with Crippen LogP contribution in [0.1, 0.15) is 27.5 Å². The number of carbonyl (C=O) groups is 1. The largest absolute Gasteiger partial charge is 0.464 e. The van der Waals surface area contributed by atoms with Crippen LogP contribution >= 0.6 is 0 Å². The maximum absolute atomic E-state index is 12.5. The van der Waals surface area contributed by atoms with Crippen molar-refractivity contribution in [2.24, 2.45) is 5.73 Å². The van der Waals surface area contributed by atoms with Gasteiger partial charge in [-0.15, -0.1) is 0 Å². The first-order chi connectivity index (χ1) is 13.7. The highest BCUT2D eigenvalue weighted by Crippen LogP contribution is 2.44. The van der Waals surface area contributed by atoms with Gasteiger partial charge in [-0.3, -0.25) is 0 Å². The van der Waals surface area contributed by atoms with Gasteiger partial charge in [0.1, 0.15) is 11.6 Å². The van der Waals surface area contributed by atoms with E-state index < -0.39 is 11.9 Å². The summed E-state index contributed by atoms with van der Waals surface area (Å²) >= 11 is 0. The summed E-state index contributed by atoms with van der Waals surface area (Å²) in [6.07, 6.45) is 0. The van der Waals surface area contributed by atoms with Gasteiger partial charge in [0, 0.05) is 0 Å². The van der Waals surface area contributed by atoms with E-state index in [2.05, 4.69) is 11.2 Å². The first kappa shape index (κ1) is 17.4.